The molecule has 0 bridgehead atoms. The van der Waals surface area contributed by atoms with Crippen LogP contribution in [0.15, 0.2) is 58.0 Å². The van der Waals surface area contributed by atoms with E-state index in [1.807, 2.05) is 31.2 Å². The predicted molar refractivity (Wildman–Crippen MR) is 134 cm³/mol. The number of benzene rings is 2. The van der Waals surface area contributed by atoms with E-state index in [4.69, 9.17) is 33.3 Å². The highest BCUT2D eigenvalue weighted by molar-refractivity contribution is 9.10. The van der Waals surface area contributed by atoms with Gasteiger partial charge in [0.05, 0.1) is 23.4 Å². The molecule has 1 saturated heterocycles. The number of ether oxygens (including phenoxy) is 2. The number of rotatable bonds is 6. The quantitative estimate of drug-likeness (QED) is 0.189. The lowest BCUT2D eigenvalue weighted by Crippen LogP contribution is -2.27. The van der Waals surface area contributed by atoms with Gasteiger partial charge < -0.3 is 9.47 Å². The molecule has 0 saturated carbocycles. The second-order valence-corrected chi connectivity index (χ2v) is 9.46. The third-order valence-corrected chi connectivity index (χ3v) is 6.29. The van der Waals surface area contributed by atoms with Crippen molar-refractivity contribution in [2.75, 3.05) is 11.5 Å². The Bertz CT molecular complexity index is 1290. The summed E-state index contributed by atoms with van der Waals surface area (Å²) >= 11 is 15.8. The van der Waals surface area contributed by atoms with E-state index in [0.29, 0.717) is 32.8 Å². The summed E-state index contributed by atoms with van der Waals surface area (Å²) < 4.78 is 26.5. The van der Waals surface area contributed by atoms with Crippen molar-refractivity contribution >= 4 is 73.5 Å². The van der Waals surface area contributed by atoms with E-state index in [-0.39, 0.29) is 22.8 Å². The number of hydrogen-bond donors (Lipinski definition) is 0. The standard InChI is InChI=1S/C22H14BrClFN3O3S2/c1-2-30-17-8-12(6-7-16(17)31-19-15(25)11-26-21(24)27-19)9-18-20(29)28(22(32)33-18)14-5-3-4-13(23)10-14/h3-11H,2H2,1H3/b18-9+. The molecular formula is C22H14BrClFN3O3S2. The van der Waals surface area contributed by atoms with E-state index in [9.17, 15) is 9.18 Å². The van der Waals surface area contributed by atoms with Crippen molar-refractivity contribution in [3.05, 3.63) is 74.7 Å². The van der Waals surface area contributed by atoms with Gasteiger partial charge >= 0.3 is 0 Å². The number of carbonyl (C=O) groups is 1. The van der Waals surface area contributed by atoms with Crippen LogP contribution in [0.2, 0.25) is 5.28 Å². The minimum atomic E-state index is -0.762. The molecule has 0 spiro atoms. The van der Waals surface area contributed by atoms with Crippen LogP contribution in [0, 0.1) is 5.82 Å². The Labute approximate surface area is 211 Å². The minimum absolute atomic E-state index is 0.145. The van der Waals surface area contributed by atoms with Gasteiger partial charge in [-0.3, -0.25) is 9.69 Å². The fourth-order valence-electron chi connectivity index (χ4n) is 2.93. The molecular weight excluding hydrogens is 553 g/mol. The average molecular weight is 567 g/mol. The highest BCUT2D eigenvalue weighted by Crippen LogP contribution is 2.38. The molecule has 3 aromatic rings. The minimum Gasteiger partial charge on any atom is -0.490 e. The number of halogens is 3. The molecule has 1 amide bonds. The largest absolute Gasteiger partial charge is 0.490 e. The maximum absolute atomic E-state index is 14.0. The van der Waals surface area contributed by atoms with Crippen LogP contribution >= 0.6 is 51.5 Å². The molecule has 0 atom stereocenters. The second-order valence-electron chi connectivity index (χ2n) is 6.53. The fourth-order valence-corrected chi connectivity index (χ4v) is 4.74. The van der Waals surface area contributed by atoms with Gasteiger partial charge in [-0.1, -0.05) is 52.0 Å². The molecule has 168 valence electrons. The van der Waals surface area contributed by atoms with Crippen LogP contribution in [0.25, 0.3) is 6.08 Å². The van der Waals surface area contributed by atoms with E-state index in [1.54, 1.807) is 24.3 Å². The molecule has 1 aromatic heterocycles. The van der Waals surface area contributed by atoms with Crippen molar-refractivity contribution < 1.29 is 18.7 Å². The van der Waals surface area contributed by atoms with Gasteiger partial charge in [0.15, 0.2) is 15.8 Å². The summed E-state index contributed by atoms with van der Waals surface area (Å²) in [4.78, 5) is 22.3. The summed E-state index contributed by atoms with van der Waals surface area (Å²) in [6, 6.07) is 12.3. The van der Waals surface area contributed by atoms with Crippen molar-refractivity contribution in [3.63, 3.8) is 0 Å². The second kappa shape index (κ2) is 10.2. The molecule has 33 heavy (non-hydrogen) atoms. The van der Waals surface area contributed by atoms with Crippen LogP contribution < -0.4 is 14.4 Å². The molecule has 4 rings (SSSR count). The molecule has 1 fully saturated rings. The number of aromatic nitrogens is 2. The van der Waals surface area contributed by atoms with Gasteiger partial charge in [-0.25, -0.2) is 4.98 Å². The normalized spacial score (nSPS) is 14.8. The van der Waals surface area contributed by atoms with Gasteiger partial charge in [0.1, 0.15) is 0 Å². The zero-order chi connectivity index (χ0) is 23.5. The third kappa shape index (κ3) is 5.35. The fraction of sp³-hybridized carbons (Fsp3) is 0.0909. The molecule has 2 aromatic carbocycles. The first-order valence-corrected chi connectivity index (χ1v) is 11.9. The first-order valence-electron chi connectivity index (χ1n) is 9.52. The highest BCUT2D eigenvalue weighted by Gasteiger charge is 2.33. The Morgan fingerprint density at radius 3 is 2.85 bits per heavy atom. The van der Waals surface area contributed by atoms with Gasteiger partial charge in [-0.05, 0) is 60.5 Å². The van der Waals surface area contributed by atoms with E-state index >= 15 is 0 Å². The number of thiocarbonyl (C=S) groups is 1. The van der Waals surface area contributed by atoms with Crippen LogP contribution in [-0.2, 0) is 4.79 Å². The van der Waals surface area contributed by atoms with Crippen molar-refractivity contribution in [2.45, 2.75) is 6.92 Å². The topological polar surface area (TPSA) is 64.5 Å². The Kier molecular flexibility index (Phi) is 7.28. The molecule has 1 aliphatic rings. The summed E-state index contributed by atoms with van der Waals surface area (Å²) in [6.07, 6.45) is 2.64. The number of thioether (sulfide) groups is 1. The van der Waals surface area contributed by atoms with Crippen molar-refractivity contribution in [2.24, 2.45) is 0 Å². The van der Waals surface area contributed by atoms with E-state index in [2.05, 4.69) is 25.9 Å². The molecule has 0 unspecified atom stereocenters. The van der Waals surface area contributed by atoms with E-state index < -0.39 is 5.82 Å². The van der Waals surface area contributed by atoms with Gasteiger partial charge in [0.2, 0.25) is 11.1 Å². The van der Waals surface area contributed by atoms with Crippen LogP contribution in [0.1, 0.15) is 12.5 Å². The van der Waals surface area contributed by atoms with Crippen molar-refractivity contribution in [3.8, 4) is 17.4 Å². The SMILES string of the molecule is CCOc1cc(/C=C2/SC(=S)N(c3cccc(Br)c3)C2=O)ccc1Oc1nc(Cl)ncc1F. The number of amides is 1. The first-order chi connectivity index (χ1) is 15.9. The van der Waals surface area contributed by atoms with Crippen LogP contribution in [0.3, 0.4) is 0 Å². The maximum Gasteiger partial charge on any atom is 0.270 e. The number of anilines is 1. The smallest absolute Gasteiger partial charge is 0.270 e. The lowest BCUT2D eigenvalue weighted by Gasteiger charge is -2.14. The zero-order valence-corrected chi connectivity index (χ0v) is 20.9. The summed E-state index contributed by atoms with van der Waals surface area (Å²) in [7, 11) is 0. The Hall–Kier alpha value is -2.53. The number of hydrogen-bond acceptors (Lipinski definition) is 7. The summed E-state index contributed by atoms with van der Waals surface area (Å²) in [5.74, 6) is -0.716. The molecule has 0 N–H and O–H groups in total. The molecule has 1 aliphatic heterocycles. The van der Waals surface area contributed by atoms with Crippen molar-refractivity contribution in [1.82, 2.24) is 9.97 Å². The number of carbonyl (C=O) groups excluding carboxylic acids is 1. The molecule has 11 heteroatoms. The van der Waals surface area contributed by atoms with Crippen molar-refractivity contribution in [1.29, 1.82) is 0 Å². The van der Waals surface area contributed by atoms with Gasteiger partial charge in [0.25, 0.3) is 11.8 Å². The van der Waals surface area contributed by atoms with Gasteiger partial charge in [0, 0.05) is 4.47 Å². The molecule has 0 aliphatic carbocycles. The zero-order valence-electron chi connectivity index (χ0n) is 16.9. The Morgan fingerprint density at radius 2 is 2.09 bits per heavy atom. The first kappa shape index (κ1) is 23.6. The average Bonchev–Trinajstić information content (AvgIpc) is 3.05. The molecule has 6 nitrogen and oxygen atoms in total. The summed E-state index contributed by atoms with van der Waals surface area (Å²) in [6.45, 7) is 2.15. The lowest BCUT2D eigenvalue weighted by atomic mass is 10.1. The summed E-state index contributed by atoms with van der Waals surface area (Å²) in [5, 5.41) is -0.145. The van der Waals surface area contributed by atoms with E-state index in [1.165, 1.54) is 16.7 Å². The Morgan fingerprint density at radius 1 is 1.27 bits per heavy atom. The maximum atomic E-state index is 14.0. The monoisotopic (exact) mass is 565 g/mol. The highest BCUT2D eigenvalue weighted by atomic mass is 79.9. The molecule has 2 heterocycles. The van der Waals surface area contributed by atoms with Crippen LogP contribution in [0.4, 0.5) is 10.1 Å². The summed E-state index contributed by atoms with van der Waals surface area (Å²) in [5.41, 5.74) is 1.36. The molecule has 0 radical (unpaired) electrons. The lowest BCUT2D eigenvalue weighted by molar-refractivity contribution is -0.113. The predicted octanol–water partition coefficient (Wildman–Crippen LogP) is 6.63. The van der Waals surface area contributed by atoms with Gasteiger partial charge in [-0.15, -0.1) is 0 Å². The van der Waals surface area contributed by atoms with Gasteiger partial charge in [-0.2, -0.15) is 9.37 Å². The Balaban J connectivity index is 1.63. The number of nitrogens with zero attached hydrogens (tertiary/aromatic N) is 3. The van der Waals surface area contributed by atoms with E-state index in [0.717, 1.165) is 10.7 Å². The van der Waals surface area contributed by atoms with Crippen LogP contribution in [0.5, 0.6) is 17.4 Å². The third-order valence-electron chi connectivity index (χ3n) is 4.31. The van der Waals surface area contributed by atoms with Crippen LogP contribution in [-0.4, -0.2) is 26.8 Å².